The molecule has 4 rings (SSSR count). The lowest BCUT2D eigenvalue weighted by atomic mass is 10.0. The molecular formula is C26H22ClFN6O2. The van der Waals surface area contributed by atoms with Crippen molar-refractivity contribution < 1.29 is 14.0 Å². The minimum Gasteiger partial charge on any atom is -0.340 e. The summed E-state index contributed by atoms with van der Waals surface area (Å²) in [5.74, 6) is -1.28. The summed E-state index contributed by atoms with van der Waals surface area (Å²) in [5.41, 5.74) is 2.94. The van der Waals surface area contributed by atoms with E-state index in [2.05, 4.69) is 26.2 Å². The van der Waals surface area contributed by atoms with E-state index in [1.165, 1.54) is 35.3 Å². The van der Waals surface area contributed by atoms with Crippen molar-refractivity contribution in [3.8, 4) is 5.69 Å². The molecule has 0 aliphatic rings. The number of aromatic nitrogens is 4. The Labute approximate surface area is 211 Å². The number of benzene rings is 3. The van der Waals surface area contributed by atoms with Gasteiger partial charge in [-0.3, -0.25) is 9.59 Å². The molecule has 0 aliphatic carbocycles. The van der Waals surface area contributed by atoms with Crippen LogP contribution in [0.15, 0.2) is 79.1 Å². The summed E-state index contributed by atoms with van der Waals surface area (Å²) in [4.78, 5) is 25.9. The molecule has 1 atom stereocenters. The van der Waals surface area contributed by atoms with Crippen LogP contribution in [0, 0.1) is 12.7 Å². The second-order valence-electron chi connectivity index (χ2n) is 7.99. The third-order valence-electron chi connectivity index (χ3n) is 5.34. The van der Waals surface area contributed by atoms with Gasteiger partial charge in [0.2, 0.25) is 11.8 Å². The molecule has 4 aromatic rings. The fourth-order valence-corrected chi connectivity index (χ4v) is 3.72. The maximum Gasteiger partial charge on any atom is 0.247 e. The Morgan fingerprint density at radius 3 is 2.64 bits per heavy atom. The highest BCUT2D eigenvalue weighted by Gasteiger charge is 2.21. The zero-order chi connectivity index (χ0) is 25.5. The van der Waals surface area contributed by atoms with Crippen molar-refractivity contribution in [1.29, 1.82) is 0 Å². The second-order valence-corrected chi connectivity index (χ2v) is 8.43. The number of amides is 2. The number of carbonyl (C=O) groups is 2. The first kappa shape index (κ1) is 24.7. The van der Waals surface area contributed by atoms with Gasteiger partial charge in [-0.05, 0) is 71.0 Å². The second kappa shape index (κ2) is 11.4. The number of tetrazole rings is 1. The molecule has 8 nitrogen and oxygen atoms in total. The highest BCUT2D eigenvalue weighted by molar-refractivity contribution is 6.30. The molecular weight excluding hydrogens is 483 g/mol. The topological polar surface area (TPSA) is 102 Å². The van der Waals surface area contributed by atoms with Gasteiger partial charge >= 0.3 is 0 Å². The first-order valence-corrected chi connectivity index (χ1v) is 11.4. The van der Waals surface area contributed by atoms with Crippen LogP contribution >= 0.6 is 11.6 Å². The van der Waals surface area contributed by atoms with Gasteiger partial charge in [0.15, 0.2) is 0 Å². The van der Waals surface area contributed by atoms with Gasteiger partial charge in [-0.1, -0.05) is 41.9 Å². The molecule has 0 fully saturated rings. The number of anilines is 1. The van der Waals surface area contributed by atoms with Crippen LogP contribution in [0.4, 0.5) is 10.1 Å². The summed E-state index contributed by atoms with van der Waals surface area (Å²) in [6.07, 6.45) is 4.57. The minimum absolute atomic E-state index is 0.263. The van der Waals surface area contributed by atoms with Crippen LogP contribution in [0.25, 0.3) is 11.8 Å². The highest BCUT2D eigenvalue weighted by Crippen LogP contribution is 2.20. The molecule has 10 heteroatoms. The minimum atomic E-state index is -0.881. The molecule has 0 radical (unpaired) electrons. The Hall–Kier alpha value is -4.37. The lowest BCUT2D eigenvalue weighted by molar-refractivity contribution is -0.123. The molecule has 2 N–H and O–H groups in total. The van der Waals surface area contributed by atoms with Crippen molar-refractivity contribution in [3.05, 3.63) is 107 Å². The maximum atomic E-state index is 13.6. The zero-order valence-electron chi connectivity index (χ0n) is 19.2. The number of nitrogens with one attached hydrogen (secondary N) is 2. The zero-order valence-corrected chi connectivity index (χ0v) is 20.0. The molecule has 0 aliphatic heterocycles. The van der Waals surface area contributed by atoms with E-state index in [0.717, 1.165) is 5.56 Å². The van der Waals surface area contributed by atoms with Crippen molar-refractivity contribution in [3.63, 3.8) is 0 Å². The average molecular weight is 505 g/mol. The Kier molecular flexibility index (Phi) is 7.82. The van der Waals surface area contributed by atoms with Crippen molar-refractivity contribution >= 4 is 35.2 Å². The van der Waals surface area contributed by atoms with Gasteiger partial charge in [0.1, 0.15) is 18.2 Å². The Balaban J connectivity index is 1.53. The third kappa shape index (κ3) is 6.39. The summed E-state index contributed by atoms with van der Waals surface area (Å²) < 4.78 is 15.1. The molecule has 182 valence electrons. The monoisotopic (exact) mass is 504 g/mol. The molecule has 1 unspecified atom stereocenters. The van der Waals surface area contributed by atoms with Gasteiger partial charge in [-0.25, -0.2) is 4.39 Å². The van der Waals surface area contributed by atoms with Gasteiger partial charge < -0.3 is 10.6 Å². The molecule has 1 aromatic heterocycles. The number of hydrogen-bond acceptors (Lipinski definition) is 5. The van der Waals surface area contributed by atoms with Crippen molar-refractivity contribution in [1.82, 2.24) is 25.5 Å². The SMILES string of the molecule is Cc1cc(NC(=O)C(Cc2ccccc2)NC(=O)C=Cc2cc(Cl)ccc2-n2cnnn2)ccc1F. The summed E-state index contributed by atoms with van der Waals surface area (Å²) in [7, 11) is 0. The predicted molar refractivity (Wildman–Crippen MR) is 135 cm³/mol. The fraction of sp³-hybridized carbons (Fsp3) is 0.115. The van der Waals surface area contributed by atoms with Gasteiger partial charge in [-0.2, -0.15) is 4.68 Å². The van der Waals surface area contributed by atoms with E-state index in [1.807, 2.05) is 30.3 Å². The largest absolute Gasteiger partial charge is 0.340 e. The summed E-state index contributed by atoms with van der Waals surface area (Å²) in [6.45, 7) is 1.61. The van der Waals surface area contributed by atoms with E-state index in [1.54, 1.807) is 31.2 Å². The summed E-state index contributed by atoms with van der Waals surface area (Å²) in [6, 6.07) is 17.8. The highest BCUT2D eigenvalue weighted by atomic mass is 35.5. The number of carbonyl (C=O) groups excluding carboxylic acids is 2. The summed E-state index contributed by atoms with van der Waals surface area (Å²) >= 11 is 6.14. The van der Waals surface area contributed by atoms with E-state index < -0.39 is 17.9 Å². The van der Waals surface area contributed by atoms with Crippen LogP contribution in [0.5, 0.6) is 0 Å². The molecule has 36 heavy (non-hydrogen) atoms. The van der Waals surface area contributed by atoms with Crippen molar-refractivity contribution in [2.75, 3.05) is 5.32 Å². The quantitative estimate of drug-likeness (QED) is 0.351. The average Bonchev–Trinajstić information content (AvgIpc) is 3.40. The number of halogens is 2. The molecule has 1 heterocycles. The molecule has 0 saturated carbocycles. The molecule has 2 amide bonds. The molecule has 0 spiro atoms. The predicted octanol–water partition coefficient (Wildman–Crippen LogP) is 4.14. The molecule has 0 bridgehead atoms. The van der Waals surface area contributed by atoms with E-state index in [-0.39, 0.29) is 12.2 Å². The third-order valence-corrected chi connectivity index (χ3v) is 5.58. The Morgan fingerprint density at radius 1 is 1.11 bits per heavy atom. The van der Waals surface area contributed by atoms with Gasteiger partial charge in [0.25, 0.3) is 0 Å². The van der Waals surface area contributed by atoms with Crippen LogP contribution in [0.3, 0.4) is 0 Å². The maximum absolute atomic E-state index is 13.6. The van der Waals surface area contributed by atoms with Gasteiger partial charge in [0.05, 0.1) is 5.69 Å². The standard InChI is InChI=1S/C26H22ClFN6O2/c1-17-13-21(9-10-22(17)28)30-26(36)23(14-18-5-3-2-4-6-18)31-25(35)12-7-19-15-20(27)8-11-24(19)34-16-29-32-33-34/h2-13,15-16,23H,14H2,1H3,(H,30,36)(H,31,35). The van der Waals surface area contributed by atoms with Crippen LogP contribution in [-0.2, 0) is 16.0 Å². The Bertz CT molecular complexity index is 1390. The van der Waals surface area contributed by atoms with Crippen LogP contribution in [0.2, 0.25) is 5.02 Å². The van der Waals surface area contributed by atoms with Crippen LogP contribution in [0.1, 0.15) is 16.7 Å². The normalized spacial score (nSPS) is 11.9. The first-order valence-electron chi connectivity index (χ1n) is 11.0. The van der Waals surface area contributed by atoms with Crippen molar-refractivity contribution in [2.45, 2.75) is 19.4 Å². The lowest BCUT2D eigenvalue weighted by Crippen LogP contribution is -2.44. The van der Waals surface area contributed by atoms with Gasteiger partial charge in [0, 0.05) is 28.8 Å². The number of rotatable bonds is 8. The van der Waals surface area contributed by atoms with E-state index >= 15 is 0 Å². The lowest BCUT2D eigenvalue weighted by Gasteiger charge is -2.18. The summed E-state index contributed by atoms with van der Waals surface area (Å²) in [5, 5.41) is 17.1. The number of aryl methyl sites for hydroxylation is 1. The smallest absolute Gasteiger partial charge is 0.247 e. The van der Waals surface area contributed by atoms with E-state index in [4.69, 9.17) is 11.6 Å². The van der Waals surface area contributed by atoms with E-state index in [9.17, 15) is 14.0 Å². The van der Waals surface area contributed by atoms with E-state index in [0.29, 0.717) is 27.5 Å². The van der Waals surface area contributed by atoms with Crippen molar-refractivity contribution in [2.24, 2.45) is 0 Å². The Morgan fingerprint density at radius 2 is 1.92 bits per heavy atom. The first-order chi connectivity index (χ1) is 17.4. The van der Waals surface area contributed by atoms with Crippen LogP contribution in [-0.4, -0.2) is 38.1 Å². The number of nitrogens with zero attached hydrogens (tertiary/aromatic N) is 4. The van der Waals surface area contributed by atoms with Crippen LogP contribution < -0.4 is 10.6 Å². The fourth-order valence-electron chi connectivity index (χ4n) is 3.54. The number of hydrogen-bond donors (Lipinski definition) is 2. The molecule has 0 saturated heterocycles. The molecule has 3 aromatic carbocycles. The van der Waals surface area contributed by atoms with Gasteiger partial charge in [-0.15, -0.1) is 5.10 Å².